The predicted octanol–water partition coefficient (Wildman–Crippen LogP) is 2.49. The van der Waals surface area contributed by atoms with E-state index >= 15 is 0 Å². The van der Waals surface area contributed by atoms with Gasteiger partial charge in [0.15, 0.2) is 0 Å². The number of aryl methyl sites for hydroxylation is 1. The topological polar surface area (TPSA) is 41.9 Å². The number of aromatic nitrogens is 2. The Kier molecular flexibility index (Phi) is 4.27. The molecule has 1 saturated heterocycles. The lowest BCUT2D eigenvalue weighted by molar-refractivity contribution is 0.393. The Balaban J connectivity index is 2.00. The van der Waals surface area contributed by atoms with Crippen molar-refractivity contribution in [2.24, 2.45) is 5.92 Å². The van der Waals surface area contributed by atoms with Gasteiger partial charge in [0.05, 0.1) is 17.1 Å². The van der Waals surface area contributed by atoms with Crippen LogP contribution in [0.1, 0.15) is 44.1 Å². The normalized spacial score (nSPS) is 20.4. The van der Waals surface area contributed by atoms with Gasteiger partial charge >= 0.3 is 0 Å². The molecule has 1 atom stereocenters. The van der Waals surface area contributed by atoms with Gasteiger partial charge in [-0.3, -0.25) is 4.68 Å². The first-order chi connectivity index (χ1) is 8.59. The monoisotopic (exact) mass is 250 g/mol. The maximum absolute atomic E-state index is 4.61. The third-order valence-electron chi connectivity index (χ3n) is 3.78. The van der Waals surface area contributed by atoms with Crippen LogP contribution in [0, 0.1) is 19.8 Å². The van der Waals surface area contributed by atoms with E-state index in [-0.39, 0.29) is 0 Å². The van der Waals surface area contributed by atoms with Crippen molar-refractivity contribution in [2.45, 2.75) is 46.6 Å². The van der Waals surface area contributed by atoms with Gasteiger partial charge in [0.2, 0.25) is 0 Å². The minimum Gasteiger partial charge on any atom is -0.382 e. The first-order valence-corrected chi connectivity index (χ1v) is 7.10. The van der Waals surface area contributed by atoms with Crippen molar-refractivity contribution in [3.05, 3.63) is 11.4 Å². The van der Waals surface area contributed by atoms with E-state index in [0.29, 0.717) is 6.04 Å². The van der Waals surface area contributed by atoms with Crippen molar-refractivity contribution in [3.63, 3.8) is 0 Å². The van der Waals surface area contributed by atoms with Crippen molar-refractivity contribution >= 4 is 5.69 Å². The van der Waals surface area contributed by atoms with Gasteiger partial charge in [-0.1, -0.05) is 0 Å². The molecule has 18 heavy (non-hydrogen) atoms. The SMILES string of the molecule is Cc1nn(C(C)C)c(C)c1NCC1CCCNC1. The van der Waals surface area contributed by atoms with Gasteiger partial charge in [-0.15, -0.1) is 0 Å². The molecule has 0 bridgehead atoms. The molecule has 0 aliphatic carbocycles. The summed E-state index contributed by atoms with van der Waals surface area (Å²) in [5, 5.41) is 11.7. The zero-order valence-electron chi connectivity index (χ0n) is 12.1. The van der Waals surface area contributed by atoms with Gasteiger partial charge < -0.3 is 10.6 Å². The molecule has 0 radical (unpaired) electrons. The molecule has 1 unspecified atom stereocenters. The summed E-state index contributed by atoms with van der Waals surface area (Å²) in [7, 11) is 0. The van der Waals surface area contributed by atoms with Crippen molar-refractivity contribution in [2.75, 3.05) is 25.0 Å². The molecule has 1 aliphatic heterocycles. The van der Waals surface area contributed by atoms with Crippen LogP contribution in [0.3, 0.4) is 0 Å². The number of nitrogens with zero attached hydrogens (tertiary/aromatic N) is 2. The van der Waals surface area contributed by atoms with Crippen molar-refractivity contribution in [3.8, 4) is 0 Å². The van der Waals surface area contributed by atoms with E-state index in [1.165, 1.54) is 30.8 Å². The van der Waals surface area contributed by atoms with Crippen LogP contribution in [0.5, 0.6) is 0 Å². The molecule has 0 saturated carbocycles. The van der Waals surface area contributed by atoms with Crippen LogP contribution in [0.15, 0.2) is 0 Å². The van der Waals surface area contributed by atoms with E-state index in [0.717, 1.165) is 24.7 Å². The van der Waals surface area contributed by atoms with Crippen LogP contribution in [-0.4, -0.2) is 29.4 Å². The quantitative estimate of drug-likeness (QED) is 0.862. The molecule has 2 heterocycles. The molecule has 2 N–H and O–H groups in total. The van der Waals surface area contributed by atoms with Gasteiger partial charge in [-0.2, -0.15) is 5.10 Å². The average molecular weight is 250 g/mol. The fourth-order valence-corrected chi connectivity index (χ4v) is 2.77. The molecule has 4 heteroatoms. The molecule has 102 valence electrons. The van der Waals surface area contributed by atoms with Crippen molar-refractivity contribution in [1.82, 2.24) is 15.1 Å². The molecular formula is C14H26N4. The predicted molar refractivity (Wildman–Crippen MR) is 76.2 cm³/mol. The first kappa shape index (κ1) is 13.4. The Morgan fingerprint density at radius 3 is 2.78 bits per heavy atom. The molecule has 1 aliphatic rings. The summed E-state index contributed by atoms with van der Waals surface area (Å²) in [5.41, 5.74) is 3.60. The molecule has 2 rings (SSSR count). The lowest BCUT2D eigenvalue weighted by Crippen LogP contribution is -2.33. The summed E-state index contributed by atoms with van der Waals surface area (Å²) in [6.07, 6.45) is 2.63. The van der Waals surface area contributed by atoms with Gasteiger partial charge in [0.25, 0.3) is 0 Å². The Labute approximate surface area is 110 Å². The second-order valence-corrected chi connectivity index (χ2v) is 5.68. The maximum atomic E-state index is 4.61. The Hall–Kier alpha value is -1.03. The van der Waals surface area contributed by atoms with Gasteiger partial charge in [-0.05, 0) is 59.5 Å². The zero-order chi connectivity index (χ0) is 13.1. The highest BCUT2D eigenvalue weighted by molar-refractivity contribution is 5.52. The van der Waals surface area contributed by atoms with Crippen molar-refractivity contribution in [1.29, 1.82) is 0 Å². The van der Waals surface area contributed by atoms with Gasteiger partial charge in [0.1, 0.15) is 0 Å². The number of anilines is 1. The summed E-state index contributed by atoms with van der Waals surface area (Å²) in [4.78, 5) is 0. The number of hydrogen-bond donors (Lipinski definition) is 2. The molecule has 0 aromatic carbocycles. The standard InChI is InChI=1S/C14H26N4/c1-10(2)18-12(4)14(11(3)17-18)16-9-13-6-5-7-15-8-13/h10,13,15-16H,5-9H2,1-4H3. The summed E-state index contributed by atoms with van der Waals surface area (Å²) in [6.45, 7) is 12.0. The number of rotatable bonds is 4. The molecule has 0 amide bonds. The molecule has 1 fully saturated rings. The summed E-state index contributed by atoms with van der Waals surface area (Å²) < 4.78 is 2.11. The van der Waals surface area contributed by atoms with E-state index in [9.17, 15) is 0 Å². The highest BCUT2D eigenvalue weighted by Gasteiger charge is 2.16. The summed E-state index contributed by atoms with van der Waals surface area (Å²) in [5.74, 6) is 0.750. The molecule has 1 aromatic rings. The first-order valence-electron chi connectivity index (χ1n) is 7.10. The fraction of sp³-hybridized carbons (Fsp3) is 0.786. The van der Waals surface area contributed by atoms with Gasteiger partial charge in [0, 0.05) is 12.6 Å². The number of nitrogens with one attached hydrogen (secondary N) is 2. The second kappa shape index (κ2) is 5.74. The molecule has 0 spiro atoms. The Morgan fingerprint density at radius 1 is 1.44 bits per heavy atom. The van der Waals surface area contributed by atoms with Gasteiger partial charge in [-0.25, -0.2) is 0 Å². The third-order valence-corrected chi connectivity index (χ3v) is 3.78. The zero-order valence-corrected chi connectivity index (χ0v) is 12.1. The third kappa shape index (κ3) is 2.86. The largest absolute Gasteiger partial charge is 0.382 e. The molecular weight excluding hydrogens is 224 g/mol. The van der Waals surface area contributed by atoms with Crippen LogP contribution in [0.4, 0.5) is 5.69 Å². The maximum Gasteiger partial charge on any atom is 0.0828 e. The summed E-state index contributed by atoms with van der Waals surface area (Å²) in [6, 6.07) is 0.426. The van der Waals surface area contributed by atoms with E-state index in [4.69, 9.17) is 0 Å². The number of piperidine rings is 1. The lowest BCUT2D eigenvalue weighted by Gasteiger charge is -2.23. The fourth-order valence-electron chi connectivity index (χ4n) is 2.77. The van der Waals surface area contributed by atoms with E-state index < -0.39 is 0 Å². The smallest absolute Gasteiger partial charge is 0.0828 e. The summed E-state index contributed by atoms with van der Waals surface area (Å²) >= 11 is 0. The van der Waals surface area contributed by atoms with E-state index in [1.807, 2.05) is 0 Å². The van der Waals surface area contributed by atoms with Crippen LogP contribution in [-0.2, 0) is 0 Å². The average Bonchev–Trinajstić information content (AvgIpc) is 2.64. The highest BCUT2D eigenvalue weighted by atomic mass is 15.3. The second-order valence-electron chi connectivity index (χ2n) is 5.68. The van der Waals surface area contributed by atoms with Crippen LogP contribution < -0.4 is 10.6 Å². The Morgan fingerprint density at radius 2 is 2.22 bits per heavy atom. The highest BCUT2D eigenvalue weighted by Crippen LogP contribution is 2.23. The minimum atomic E-state index is 0.426. The van der Waals surface area contributed by atoms with E-state index in [1.54, 1.807) is 0 Å². The lowest BCUT2D eigenvalue weighted by atomic mass is 9.99. The van der Waals surface area contributed by atoms with Crippen LogP contribution in [0.2, 0.25) is 0 Å². The minimum absolute atomic E-state index is 0.426. The van der Waals surface area contributed by atoms with Crippen molar-refractivity contribution < 1.29 is 0 Å². The van der Waals surface area contributed by atoms with E-state index in [2.05, 4.69) is 48.1 Å². The van der Waals surface area contributed by atoms with Crippen LogP contribution in [0.25, 0.3) is 0 Å². The number of hydrogen-bond acceptors (Lipinski definition) is 3. The molecule has 4 nitrogen and oxygen atoms in total. The molecule has 1 aromatic heterocycles. The Bertz CT molecular complexity index is 389. The van der Waals surface area contributed by atoms with Crippen LogP contribution >= 0.6 is 0 Å².